The molecule has 0 radical (unpaired) electrons. The zero-order valence-electron chi connectivity index (χ0n) is 18.3. The summed E-state index contributed by atoms with van der Waals surface area (Å²) in [5, 5.41) is 6.79. The van der Waals surface area contributed by atoms with Crippen LogP contribution < -0.4 is 10.6 Å². The van der Waals surface area contributed by atoms with E-state index in [0.29, 0.717) is 47.9 Å². The van der Waals surface area contributed by atoms with Crippen molar-refractivity contribution < 1.29 is 9.59 Å². The number of amides is 2. The van der Waals surface area contributed by atoms with Crippen molar-refractivity contribution in [2.24, 2.45) is 0 Å². The summed E-state index contributed by atoms with van der Waals surface area (Å²) in [5.41, 5.74) is 1.02. The summed E-state index contributed by atoms with van der Waals surface area (Å²) in [6.07, 6.45) is 6.27. The Hall–Kier alpha value is -2.68. The topological polar surface area (TPSA) is 82.5 Å². The largest absolute Gasteiger partial charge is 0.330 e. The Labute approximate surface area is 193 Å². The maximum atomic E-state index is 12.7. The number of hydrogen-bond acceptors (Lipinski definition) is 5. The van der Waals surface area contributed by atoms with E-state index in [4.69, 9.17) is 11.6 Å². The first kappa shape index (κ1) is 22.5. The summed E-state index contributed by atoms with van der Waals surface area (Å²) in [6.45, 7) is 7.41. The van der Waals surface area contributed by atoms with Crippen LogP contribution in [0.15, 0.2) is 42.6 Å². The van der Waals surface area contributed by atoms with E-state index in [9.17, 15) is 9.59 Å². The molecule has 1 fully saturated rings. The molecule has 0 saturated carbocycles. The number of aromatic nitrogens is 2. The fourth-order valence-corrected chi connectivity index (χ4v) is 4.21. The molecule has 1 aromatic carbocycles. The lowest BCUT2D eigenvalue weighted by Crippen LogP contribution is -2.38. The van der Waals surface area contributed by atoms with Gasteiger partial charge in [-0.1, -0.05) is 29.8 Å². The third-order valence-corrected chi connectivity index (χ3v) is 6.28. The van der Waals surface area contributed by atoms with E-state index in [1.165, 1.54) is 0 Å². The van der Waals surface area contributed by atoms with E-state index in [1.54, 1.807) is 29.3 Å². The van der Waals surface area contributed by atoms with Gasteiger partial charge in [0, 0.05) is 44.8 Å². The van der Waals surface area contributed by atoms with Crippen molar-refractivity contribution >= 4 is 29.1 Å². The maximum absolute atomic E-state index is 12.7. The second-order valence-electron chi connectivity index (χ2n) is 8.25. The van der Waals surface area contributed by atoms with Gasteiger partial charge in [0.2, 0.25) is 5.91 Å². The smallest absolute Gasteiger partial charge is 0.273 e. The number of nitrogens with zero attached hydrogens (tertiary/aromatic N) is 4. The van der Waals surface area contributed by atoms with Gasteiger partial charge in [-0.15, -0.1) is 0 Å². The molecule has 2 N–H and O–H groups in total. The Kier molecular flexibility index (Phi) is 7.24. The minimum atomic E-state index is -0.266. The monoisotopic (exact) mass is 456 g/mol. The number of halogens is 1. The van der Waals surface area contributed by atoms with Gasteiger partial charge in [-0.05, 0) is 32.0 Å². The average Bonchev–Trinajstić information content (AvgIpc) is 3.11. The number of fused-ring (bicyclic) bond motifs is 1. The van der Waals surface area contributed by atoms with Crippen molar-refractivity contribution in [2.45, 2.75) is 32.5 Å². The molecular weight excluding hydrogens is 428 g/mol. The Morgan fingerprint density at radius 3 is 2.94 bits per heavy atom. The SMILES string of the molecule is C[C@@H]1CCN(C/C=C/C(=O)N2CCn3c(C(=O)Nc4ccccc4Cl)cnc3C2)CCN1. The minimum absolute atomic E-state index is 0.0253. The van der Waals surface area contributed by atoms with Crippen LogP contribution in [-0.2, 0) is 17.9 Å². The second kappa shape index (κ2) is 10.3. The highest BCUT2D eigenvalue weighted by Gasteiger charge is 2.25. The van der Waals surface area contributed by atoms with Crippen molar-refractivity contribution in [2.75, 3.05) is 38.0 Å². The molecule has 170 valence electrons. The zero-order valence-corrected chi connectivity index (χ0v) is 19.0. The molecule has 32 heavy (non-hydrogen) atoms. The number of benzene rings is 1. The Balaban J connectivity index is 1.33. The summed E-state index contributed by atoms with van der Waals surface area (Å²) in [6, 6.07) is 7.64. The molecular formula is C23H29ClN6O2. The Bertz CT molecular complexity index is 1000. The van der Waals surface area contributed by atoms with Crippen molar-refractivity contribution in [3.8, 4) is 0 Å². The zero-order chi connectivity index (χ0) is 22.5. The van der Waals surface area contributed by atoms with Crippen molar-refractivity contribution in [1.82, 2.24) is 24.7 Å². The molecule has 8 nitrogen and oxygen atoms in total. The van der Waals surface area contributed by atoms with Crippen LogP contribution in [0.4, 0.5) is 5.69 Å². The summed E-state index contributed by atoms with van der Waals surface area (Å²) in [5.74, 6) is 0.412. The molecule has 4 rings (SSSR count). The molecule has 0 unspecified atom stereocenters. The van der Waals surface area contributed by atoms with E-state index in [1.807, 2.05) is 22.8 Å². The summed E-state index contributed by atoms with van der Waals surface area (Å²) in [4.78, 5) is 33.9. The quantitative estimate of drug-likeness (QED) is 0.675. The van der Waals surface area contributed by atoms with Crippen molar-refractivity contribution in [1.29, 1.82) is 0 Å². The van der Waals surface area contributed by atoms with Crippen molar-refractivity contribution in [3.05, 3.63) is 59.2 Å². The first-order valence-electron chi connectivity index (χ1n) is 11.0. The average molecular weight is 457 g/mol. The Morgan fingerprint density at radius 1 is 1.25 bits per heavy atom. The molecule has 2 amide bonds. The lowest BCUT2D eigenvalue weighted by atomic mass is 10.2. The van der Waals surface area contributed by atoms with Gasteiger partial charge in [0.25, 0.3) is 5.91 Å². The van der Waals surface area contributed by atoms with Crippen molar-refractivity contribution in [3.63, 3.8) is 0 Å². The number of para-hydroxylation sites is 1. The number of nitrogens with one attached hydrogen (secondary N) is 2. The van der Waals surface area contributed by atoms with Gasteiger partial charge in [-0.25, -0.2) is 4.98 Å². The van der Waals surface area contributed by atoms with E-state index in [-0.39, 0.29) is 11.8 Å². The predicted octanol–water partition coefficient (Wildman–Crippen LogP) is 2.37. The number of imidazole rings is 1. The van der Waals surface area contributed by atoms with Crippen LogP contribution in [-0.4, -0.2) is 69.9 Å². The van der Waals surface area contributed by atoms with Gasteiger partial charge in [-0.2, -0.15) is 0 Å². The van der Waals surface area contributed by atoms with Crippen LogP contribution >= 0.6 is 11.6 Å². The number of carbonyl (C=O) groups excluding carboxylic acids is 2. The van der Waals surface area contributed by atoms with Crippen LogP contribution in [0, 0.1) is 0 Å². The minimum Gasteiger partial charge on any atom is -0.330 e. The molecule has 1 aromatic heterocycles. The summed E-state index contributed by atoms with van der Waals surface area (Å²) in [7, 11) is 0. The first-order chi connectivity index (χ1) is 15.5. The van der Waals surface area contributed by atoms with Crippen LogP contribution in [0.2, 0.25) is 5.02 Å². The second-order valence-corrected chi connectivity index (χ2v) is 8.66. The van der Waals surface area contributed by atoms with Crippen LogP contribution in [0.1, 0.15) is 29.7 Å². The van der Waals surface area contributed by atoms with Gasteiger partial charge in [0.15, 0.2) is 0 Å². The molecule has 0 aliphatic carbocycles. The van der Waals surface area contributed by atoms with E-state index in [0.717, 1.165) is 32.6 Å². The van der Waals surface area contributed by atoms with Gasteiger partial charge < -0.3 is 20.1 Å². The lowest BCUT2D eigenvalue weighted by molar-refractivity contribution is -0.127. The molecule has 0 spiro atoms. The molecule has 2 aliphatic rings. The molecule has 9 heteroatoms. The highest BCUT2D eigenvalue weighted by molar-refractivity contribution is 6.33. The van der Waals surface area contributed by atoms with Gasteiger partial charge >= 0.3 is 0 Å². The molecule has 1 atom stereocenters. The van der Waals surface area contributed by atoms with Crippen LogP contribution in [0.3, 0.4) is 0 Å². The molecule has 0 bridgehead atoms. The number of rotatable bonds is 5. The first-order valence-corrected chi connectivity index (χ1v) is 11.4. The third kappa shape index (κ3) is 5.38. The van der Waals surface area contributed by atoms with Gasteiger partial charge in [0.05, 0.1) is 23.5 Å². The predicted molar refractivity (Wildman–Crippen MR) is 125 cm³/mol. The van der Waals surface area contributed by atoms with E-state index < -0.39 is 0 Å². The Morgan fingerprint density at radius 2 is 2.09 bits per heavy atom. The molecule has 2 aliphatic heterocycles. The third-order valence-electron chi connectivity index (χ3n) is 5.95. The highest BCUT2D eigenvalue weighted by atomic mass is 35.5. The van der Waals surface area contributed by atoms with Crippen LogP contribution in [0.25, 0.3) is 0 Å². The highest BCUT2D eigenvalue weighted by Crippen LogP contribution is 2.22. The standard InChI is InChI=1S/C23H29ClN6O2/c1-17-8-11-28(12-9-25-17)10-4-7-22(31)29-13-14-30-20(15-26-21(30)16-29)23(32)27-19-6-3-2-5-18(19)24/h2-7,15,17,25H,8-14,16H2,1H3,(H,27,32)/b7-4+/t17-/m1/s1. The summed E-state index contributed by atoms with van der Waals surface area (Å²) < 4.78 is 1.87. The molecule has 2 aromatic rings. The molecule has 1 saturated heterocycles. The van der Waals surface area contributed by atoms with E-state index in [2.05, 4.69) is 27.4 Å². The van der Waals surface area contributed by atoms with Gasteiger partial charge in [0.1, 0.15) is 11.5 Å². The maximum Gasteiger partial charge on any atom is 0.273 e. The molecule has 3 heterocycles. The fraction of sp³-hybridized carbons (Fsp3) is 0.435. The summed E-state index contributed by atoms with van der Waals surface area (Å²) >= 11 is 6.14. The van der Waals surface area contributed by atoms with Crippen LogP contribution in [0.5, 0.6) is 0 Å². The lowest BCUT2D eigenvalue weighted by Gasteiger charge is -2.27. The number of carbonyl (C=O) groups is 2. The fourth-order valence-electron chi connectivity index (χ4n) is 4.03. The number of hydrogen-bond donors (Lipinski definition) is 2. The normalized spacial score (nSPS) is 19.6. The van der Waals surface area contributed by atoms with Gasteiger partial charge in [-0.3, -0.25) is 14.5 Å². The van der Waals surface area contributed by atoms with E-state index >= 15 is 0 Å². The number of anilines is 1.